The highest BCUT2D eigenvalue weighted by Crippen LogP contribution is 2.19. The summed E-state index contributed by atoms with van der Waals surface area (Å²) in [6.45, 7) is 1.04. The Morgan fingerprint density at radius 1 is 1.31 bits per heavy atom. The fraction of sp³-hybridized carbons (Fsp3) is 0.273. The largest absolute Gasteiger partial charge is 0.381 e. The van der Waals surface area contributed by atoms with Crippen LogP contribution in [0.1, 0.15) is 0 Å². The standard InChI is InChI=1S/C11H16N2O2S/c1-16(14,15)11-7-3-2-6-10(11)13-9-5-4-8-12/h2-7,13H,8-9,12H2,1H3/b5-4+. The zero-order valence-corrected chi connectivity index (χ0v) is 10.00. The van der Waals surface area contributed by atoms with E-state index in [1.54, 1.807) is 24.3 Å². The van der Waals surface area contributed by atoms with E-state index in [1.165, 1.54) is 6.26 Å². The molecule has 1 rings (SSSR count). The molecule has 1 aromatic carbocycles. The summed E-state index contributed by atoms with van der Waals surface area (Å²) < 4.78 is 22.9. The van der Waals surface area contributed by atoms with Gasteiger partial charge in [0.05, 0.1) is 10.6 Å². The summed E-state index contributed by atoms with van der Waals surface area (Å²) in [7, 11) is -3.19. The molecule has 0 aliphatic rings. The van der Waals surface area contributed by atoms with Crippen LogP contribution in [0.5, 0.6) is 0 Å². The van der Waals surface area contributed by atoms with Gasteiger partial charge >= 0.3 is 0 Å². The van der Waals surface area contributed by atoms with Gasteiger partial charge in [0, 0.05) is 19.3 Å². The van der Waals surface area contributed by atoms with E-state index in [-0.39, 0.29) is 0 Å². The molecular formula is C11H16N2O2S. The van der Waals surface area contributed by atoms with E-state index < -0.39 is 9.84 Å². The molecule has 0 saturated heterocycles. The van der Waals surface area contributed by atoms with Gasteiger partial charge in [-0.05, 0) is 12.1 Å². The first-order valence-electron chi connectivity index (χ1n) is 4.93. The average Bonchev–Trinajstić information content (AvgIpc) is 2.24. The first kappa shape index (κ1) is 12.7. The molecule has 1 aromatic rings. The van der Waals surface area contributed by atoms with E-state index in [2.05, 4.69) is 5.32 Å². The van der Waals surface area contributed by atoms with Crippen LogP contribution in [0.2, 0.25) is 0 Å². The van der Waals surface area contributed by atoms with Crippen molar-refractivity contribution in [1.82, 2.24) is 0 Å². The molecule has 0 saturated carbocycles. The molecular weight excluding hydrogens is 224 g/mol. The monoisotopic (exact) mass is 240 g/mol. The van der Waals surface area contributed by atoms with E-state index in [9.17, 15) is 8.42 Å². The number of nitrogens with two attached hydrogens (primary N) is 1. The summed E-state index contributed by atoms with van der Waals surface area (Å²) in [5.74, 6) is 0. The van der Waals surface area contributed by atoms with Gasteiger partial charge in [0.25, 0.3) is 0 Å². The van der Waals surface area contributed by atoms with E-state index in [4.69, 9.17) is 5.73 Å². The van der Waals surface area contributed by atoms with Crippen molar-refractivity contribution < 1.29 is 8.42 Å². The van der Waals surface area contributed by atoms with Crippen molar-refractivity contribution in [3.8, 4) is 0 Å². The van der Waals surface area contributed by atoms with Gasteiger partial charge in [-0.3, -0.25) is 0 Å². The van der Waals surface area contributed by atoms with Crippen molar-refractivity contribution in [1.29, 1.82) is 0 Å². The van der Waals surface area contributed by atoms with E-state index in [0.717, 1.165) is 0 Å². The van der Waals surface area contributed by atoms with Crippen molar-refractivity contribution in [2.75, 3.05) is 24.7 Å². The van der Waals surface area contributed by atoms with Crippen LogP contribution in [0, 0.1) is 0 Å². The number of hydrogen-bond donors (Lipinski definition) is 2. The Bertz CT molecular complexity index is 467. The molecule has 0 radical (unpaired) electrons. The molecule has 88 valence electrons. The van der Waals surface area contributed by atoms with Crippen molar-refractivity contribution in [3.05, 3.63) is 36.4 Å². The molecule has 0 spiro atoms. The van der Waals surface area contributed by atoms with Gasteiger partial charge in [0.15, 0.2) is 9.84 Å². The lowest BCUT2D eigenvalue weighted by Crippen LogP contribution is -2.06. The highest BCUT2D eigenvalue weighted by atomic mass is 32.2. The van der Waals surface area contributed by atoms with Gasteiger partial charge in [-0.15, -0.1) is 0 Å². The van der Waals surface area contributed by atoms with E-state index in [0.29, 0.717) is 23.7 Å². The molecule has 0 aliphatic carbocycles. The third kappa shape index (κ3) is 3.67. The molecule has 0 unspecified atom stereocenters. The highest BCUT2D eigenvalue weighted by molar-refractivity contribution is 7.90. The predicted octanol–water partition coefficient (Wildman–Crippen LogP) is 1.02. The molecule has 16 heavy (non-hydrogen) atoms. The molecule has 0 atom stereocenters. The lowest BCUT2D eigenvalue weighted by Gasteiger charge is -2.08. The van der Waals surface area contributed by atoms with Crippen LogP contribution in [0.3, 0.4) is 0 Å². The molecule has 0 fully saturated rings. The van der Waals surface area contributed by atoms with Gasteiger partial charge in [-0.2, -0.15) is 0 Å². The maximum Gasteiger partial charge on any atom is 0.177 e. The predicted molar refractivity (Wildman–Crippen MR) is 66.2 cm³/mol. The quantitative estimate of drug-likeness (QED) is 0.754. The maximum absolute atomic E-state index is 11.5. The van der Waals surface area contributed by atoms with Gasteiger partial charge in [0.2, 0.25) is 0 Å². The number of hydrogen-bond acceptors (Lipinski definition) is 4. The molecule has 0 bridgehead atoms. The average molecular weight is 240 g/mol. The van der Waals surface area contributed by atoms with Crippen LogP contribution in [-0.2, 0) is 9.84 Å². The zero-order valence-electron chi connectivity index (χ0n) is 9.18. The Balaban J connectivity index is 2.84. The lowest BCUT2D eigenvalue weighted by molar-refractivity contribution is 0.602. The second-order valence-corrected chi connectivity index (χ2v) is 5.34. The molecule has 0 heterocycles. The van der Waals surface area contributed by atoms with Crippen LogP contribution in [0.4, 0.5) is 5.69 Å². The van der Waals surface area contributed by atoms with E-state index >= 15 is 0 Å². The Kier molecular flexibility index (Phi) is 4.52. The summed E-state index contributed by atoms with van der Waals surface area (Å²) in [5, 5.41) is 3.03. The SMILES string of the molecule is CS(=O)(=O)c1ccccc1NC/C=C/CN. The zero-order chi connectivity index (χ0) is 12.0. The number of nitrogens with one attached hydrogen (secondary N) is 1. The van der Waals surface area contributed by atoms with Gasteiger partial charge < -0.3 is 11.1 Å². The third-order valence-corrected chi connectivity index (χ3v) is 3.15. The minimum Gasteiger partial charge on any atom is -0.381 e. The van der Waals surface area contributed by atoms with Gasteiger partial charge in [0.1, 0.15) is 0 Å². The van der Waals surface area contributed by atoms with Crippen LogP contribution in [-0.4, -0.2) is 27.8 Å². The minimum absolute atomic E-state index is 0.316. The number of sulfone groups is 1. The van der Waals surface area contributed by atoms with E-state index in [1.807, 2.05) is 12.2 Å². The molecule has 0 amide bonds. The minimum atomic E-state index is -3.19. The first-order chi connectivity index (χ1) is 7.55. The summed E-state index contributed by atoms with van der Waals surface area (Å²) in [6.07, 6.45) is 4.87. The maximum atomic E-state index is 11.5. The molecule has 5 heteroatoms. The smallest absolute Gasteiger partial charge is 0.177 e. The second-order valence-electron chi connectivity index (χ2n) is 3.36. The fourth-order valence-corrected chi connectivity index (χ4v) is 2.15. The van der Waals surface area contributed by atoms with Crippen molar-refractivity contribution in [2.24, 2.45) is 5.73 Å². The molecule has 0 aliphatic heterocycles. The number of anilines is 1. The number of rotatable bonds is 5. The summed E-state index contributed by atoms with van der Waals surface area (Å²) in [5.41, 5.74) is 5.91. The van der Waals surface area contributed by atoms with Crippen LogP contribution < -0.4 is 11.1 Å². The summed E-state index contributed by atoms with van der Waals surface area (Å²) in [4.78, 5) is 0.316. The van der Waals surface area contributed by atoms with Crippen molar-refractivity contribution >= 4 is 15.5 Å². The Morgan fingerprint density at radius 2 is 2.00 bits per heavy atom. The summed E-state index contributed by atoms with van der Waals surface area (Å²) in [6, 6.07) is 6.83. The van der Waals surface area contributed by atoms with Crippen LogP contribution >= 0.6 is 0 Å². The van der Waals surface area contributed by atoms with Crippen molar-refractivity contribution in [3.63, 3.8) is 0 Å². The first-order valence-corrected chi connectivity index (χ1v) is 6.83. The normalized spacial score (nSPS) is 11.9. The van der Waals surface area contributed by atoms with Crippen LogP contribution in [0.25, 0.3) is 0 Å². The fourth-order valence-electron chi connectivity index (χ4n) is 1.28. The van der Waals surface area contributed by atoms with Crippen molar-refractivity contribution in [2.45, 2.75) is 4.90 Å². The summed E-state index contributed by atoms with van der Waals surface area (Å²) >= 11 is 0. The highest BCUT2D eigenvalue weighted by Gasteiger charge is 2.11. The molecule has 4 nitrogen and oxygen atoms in total. The second kappa shape index (κ2) is 5.67. The Morgan fingerprint density at radius 3 is 2.62 bits per heavy atom. The number of para-hydroxylation sites is 1. The van der Waals surface area contributed by atoms with Gasteiger partial charge in [-0.25, -0.2) is 8.42 Å². The Hall–Kier alpha value is -1.33. The van der Waals surface area contributed by atoms with Crippen LogP contribution in [0.15, 0.2) is 41.3 Å². The molecule has 0 aromatic heterocycles. The molecule has 3 N–H and O–H groups in total. The topological polar surface area (TPSA) is 72.2 Å². The third-order valence-electron chi connectivity index (χ3n) is 2.00. The van der Waals surface area contributed by atoms with Gasteiger partial charge in [-0.1, -0.05) is 24.3 Å². The Labute approximate surface area is 96.1 Å². The lowest BCUT2D eigenvalue weighted by atomic mass is 10.3. The number of benzene rings is 1.